The van der Waals surface area contributed by atoms with Crippen LogP contribution in [0.1, 0.15) is 56.3 Å². The van der Waals surface area contributed by atoms with Crippen LogP contribution >= 0.6 is 0 Å². The fourth-order valence-corrected chi connectivity index (χ4v) is 3.82. The first-order valence-electron chi connectivity index (χ1n) is 9.32. The molecule has 0 aliphatic carbocycles. The third-order valence-electron chi connectivity index (χ3n) is 5.16. The van der Waals surface area contributed by atoms with E-state index in [4.69, 9.17) is 4.74 Å². The van der Waals surface area contributed by atoms with Gasteiger partial charge in [0.05, 0.1) is 6.10 Å². The SMILES string of the molecule is CCOC1CCCN(C(=O)c2ccnc(N3CCCCC3C)c2)C1. The third-order valence-corrected chi connectivity index (χ3v) is 5.16. The molecule has 0 N–H and O–H groups in total. The van der Waals surface area contributed by atoms with Crippen LogP contribution in [0.15, 0.2) is 18.3 Å². The number of carbonyl (C=O) groups is 1. The maximum Gasteiger partial charge on any atom is 0.254 e. The quantitative estimate of drug-likeness (QED) is 0.850. The molecule has 5 heteroatoms. The van der Waals surface area contributed by atoms with E-state index >= 15 is 0 Å². The monoisotopic (exact) mass is 331 g/mol. The van der Waals surface area contributed by atoms with Crippen molar-refractivity contribution < 1.29 is 9.53 Å². The Bertz CT molecular complexity index is 561. The normalized spacial score (nSPS) is 24.9. The van der Waals surface area contributed by atoms with E-state index in [1.54, 1.807) is 6.20 Å². The molecule has 2 atom stereocenters. The van der Waals surface area contributed by atoms with E-state index in [1.165, 1.54) is 19.3 Å². The summed E-state index contributed by atoms with van der Waals surface area (Å²) in [6.45, 7) is 7.51. The van der Waals surface area contributed by atoms with Crippen LogP contribution in [0.5, 0.6) is 0 Å². The lowest BCUT2D eigenvalue weighted by molar-refractivity contribution is 0.00724. The second-order valence-corrected chi connectivity index (χ2v) is 6.91. The summed E-state index contributed by atoms with van der Waals surface area (Å²) in [4.78, 5) is 21.7. The van der Waals surface area contributed by atoms with Crippen molar-refractivity contribution in [2.75, 3.05) is 31.1 Å². The van der Waals surface area contributed by atoms with E-state index in [-0.39, 0.29) is 12.0 Å². The molecular formula is C19H29N3O2. The molecular weight excluding hydrogens is 302 g/mol. The minimum atomic E-state index is 0.104. The van der Waals surface area contributed by atoms with Crippen molar-refractivity contribution in [1.29, 1.82) is 0 Å². The molecule has 0 radical (unpaired) electrons. The molecule has 24 heavy (non-hydrogen) atoms. The van der Waals surface area contributed by atoms with Gasteiger partial charge in [-0.15, -0.1) is 0 Å². The standard InChI is InChI=1S/C19H29N3O2/c1-3-24-17-8-6-11-21(14-17)19(23)16-9-10-20-18(13-16)22-12-5-4-7-15(22)2/h9-10,13,15,17H,3-8,11-12,14H2,1-2H3. The predicted molar refractivity (Wildman–Crippen MR) is 95.4 cm³/mol. The predicted octanol–water partition coefficient (Wildman–Crippen LogP) is 3.10. The van der Waals surface area contributed by atoms with Gasteiger partial charge >= 0.3 is 0 Å². The lowest BCUT2D eigenvalue weighted by atomic mass is 10.0. The Labute approximate surface area is 145 Å². The molecule has 5 nitrogen and oxygen atoms in total. The summed E-state index contributed by atoms with van der Waals surface area (Å²) in [6, 6.07) is 4.30. The fourth-order valence-electron chi connectivity index (χ4n) is 3.82. The van der Waals surface area contributed by atoms with Crippen LogP contribution in [0.3, 0.4) is 0 Å². The Kier molecular flexibility index (Phi) is 5.72. The summed E-state index contributed by atoms with van der Waals surface area (Å²) in [5.41, 5.74) is 0.745. The summed E-state index contributed by atoms with van der Waals surface area (Å²) in [6.07, 6.45) is 7.68. The second kappa shape index (κ2) is 7.97. The largest absolute Gasteiger partial charge is 0.377 e. The highest BCUT2D eigenvalue weighted by Crippen LogP contribution is 2.24. The molecule has 3 rings (SSSR count). The van der Waals surface area contributed by atoms with Crippen LogP contribution < -0.4 is 4.90 Å². The van der Waals surface area contributed by atoms with Gasteiger partial charge in [-0.3, -0.25) is 4.79 Å². The maximum absolute atomic E-state index is 12.9. The lowest BCUT2D eigenvalue weighted by Crippen LogP contribution is -2.43. The van der Waals surface area contributed by atoms with Crippen LogP contribution in [-0.2, 0) is 4.74 Å². The number of amides is 1. The van der Waals surface area contributed by atoms with Crippen molar-refractivity contribution in [3.05, 3.63) is 23.9 Å². The molecule has 1 amide bonds. The molecule has 2 unspecified atom stereocenters. The number of rotatable bonds is 4. The topological polar surface area (TPSA) is 45.7 Å². The lowest BCUT2D eigenvalue weighted by Gasteiger charge is -2.35. The summed E-state index contributed by atoms with van der Waals surface area (Å²) in [5.74, 6) is 1.04. The van der Waals surface area contributed by atoms with Crippen LogP contribution in [-0.4, -0.2) is 54.2 Å². The van der Waals surface area contributed by atoms with Crippen molar-refractivity contribution >= 4 is 11.7 Å². The molecule has 0 spiro atoms. The summed E-state index contributed by atoms with van der Waals surface area (Å²) < 4.78 is 5.72. The average Bonchev–Trinajstić information content (AvgIpc) is 2.62. The molecule has 3 heterocycles. The zero-order valence-corrected chi connectivity index (χ0v) is 14.9. The Hall–Kier alpha value is -1.62. The molecule has 2 aliphatic rings. The zero-order chi connectivity index (χ0) is 16.9. The van der Waals surface area contributed by atoms with E-state index in [9.17, 15) is 4.79 Å². The molecule has 0 saturated carbocycles. The smallest absolute Gasteiger partial charge is 0.254 e. The van der Waals surface area contributed by atoms with Gasteiger partial charge in [0.15, 0.2) is 0 Å². The van der Waals surface area contributed by atoms with Crippen LogP contribution in [0.25, 0.3) is 0 Å². The van der Waals surface area contributed by atoms with Gasteiger partial charge in [0.25, 0.3) is 5.91 Å². The summed E-state index contributed by atoms with van der Waals surface area (Å²) in [5, 5.41) is 0. The number of hydrogen-bond acceptors (Lipinski definition) is 4. The van der Waals surface area contributed by atoms with Gasteiger partial charge in [-0.05, 0) is 58.1 Å². The highest BCUT2D eigenvalue weighted by Gasteiger charge is 2.26. The second-order valence-electron chi connectivity index (χ2n) is 6.91. The number of anilines is 1. The Morgan fingerprint density at radius 3 is 2.96 bits per heavy atom. The molecule has 0 aromatic carbocycles. The minimum absolute atomic E-state index is 0.104. The van der Waals surface area contributed by atoms with Crippen LogP contribution in [0.2, 0.25) is 0 Å². The van der Waals surface area contributed by atoms with E-state index in [1.807, 2.05) is 24.0 Å². The van der Waals surface area contributed by atoms with Crippen LogP contribution in [0.4, 0.5) is 5.82 Å². The number of piperidine rings is 2. The van der Waals surface area contributed by atoms with Gasteiger partial charge in [0, 0.05) is 44.0 Å². The molecule has 0 bridgehead atoms. The maximum atomic E-state index is 12.9. The molecule has 1 aromatic rings. The number of pyridine rings is 1. The first kappa shape index (κ1) is 17.2. The molecule has 132 valence electrons. The number of carbonyl (C=O) groups excluding carboxylic acids is 1. The number of aromatic nitrogens is 1. The van der Waals surface area contributed by atoms with Crippen molar-refractivity contribution in [3.8, 4) is 0 Å². The van der Waals surface area contributed by atoms with Crippen molar-refractivity contribution in [3.63, 3.8) is 0 Å². The minimum Gasteiger partial charge on any atom is -0.377 e. The Morgan fingerprint density at radius 2 is 2.17 bits per heavy atom. The number of likely N-dealkylation sites (tertiary alicyclic amines) is 1. The van der Waals surface area contributed by atoms with E-state index in [2.05, 4.69) is 16.8 Å². The van der Waals surface area contributed by atoms with Gasteiger partial charge in [0.1, 0.15) is 5.82 Å². The average molecular weight is 331 g/mol. The fraction of sp³-hybridized carbons (Fsp3) is 0.684. The summed E-state index contributed by atoms with van der Waals surface area (Å²) in [7, 11) is 0. The summed E-state index contributed by atoms with van der Waals surface area (Å²) >= 11 is 0. The number of hydrogen-bond donors (Lipinski definition) is 0. The molecule has 1 aromatic heterocycles. The van der Waals surface area contributed by atoms with Gasteiger partial charge in [-0.25, -0.2) is 4.98 Å². The van der Waals surface area contributed by atoms with Crippen molar-refractivity contribution in [1.82, 2.24) is 9.88 Å². The third kappa shape index (κ3) is 3.89. The Morgan fingerprint density at radius 1 is 1.29 bits per heavy atom. The molecule has 2 saturated heterocycles. The van der Waals surface area contributed by atoms with Gasteiger partial charge < -0.3 is 14.5 Å². The Balaban J connectivity index is 1.72. The van der Waals surface area contributed by atoms with Gasteiger partial charge in [-0.1, -0.05) is 0 Å². The zero-order valence-electron chi connectivity index (χ0n) is 14.9. The highest BCUT2D eigenvalue weighted by molar-refractivity contribution is 5.95. The van der Waals surface area contributed by atoms with Gasteiger partial charge in [-0.2, -0.15) is 0 Å². The van der Waals surface area contributed by atoms with E-state index in [0.717, 1.165) is 37.3 Å². The first-order valence-corrected chi connectivity index (χ1v) is 9.32. The number of nitrogens with zero attached hydrogens (tertiary/aromatic N) is 3. The van der Waals surface area contributed by atoms with Crippen LogP contribution in [0, 0.1) is 0 Å². The van der Waals surface area contributed by atoms with Crippen molar-refractivity contribution in [2.45, 2.75) is 58.1 Å². The number of ether oxygens (including phenoxy) is 1. The van der Waals surface area contributed by atoms with Crippen molar-refractivity contribution in [2.24, 2.45) is 0 Å². The van der Waals surface area contributed by atoms with Gasteiger partial charge in [0.2, 0.25) is 0 Å². The molecule has 2 fully saturated rings. The molecule has 2 aliphatic heterocycles. The van der Waals surface area contributed by atoms with E-state index in [0.29, 0.717) is 19.2 Å². The van der Waals surface area contributed by atoms with E-state index < -0.39 is 0 Å². The first-order chi connectivity index (χ1) is 11.7. The highest BCUT2D eigenvalue weighted by atomic mass is 16.5.